The molecule has 3 aromatic carbocycles. The Morgan fingerprint density at radius 1 is 0.852 bits per heavy atom. The molecule has 0 aromatic heterocycles. The van der Waals surface area contributed by atoms with Crippen LogP contribution in [0.2, 0.25) is 0 Å². The summed E-state index contributed by atoms with van der Waals surface area (Å²) in [6.07, 6.45) is 2.66. The summed E-state index contributed by atoms with van der Waals surface area (Å²) in [6, 6.07) is 12.2. The molecule has 4 nitrogen and oxygen atoms in total. The van der Waals surface area contributed by atoms with Crippen molar-refractivity contribution in [2.24, 2.45) is 0 Å². The van der Waals surface area contributed by atoms with Gasteiger partial charge in [0.15, 0.2) is 0 Å². The van der Waals surface area contributed by atoms with Gasteiger partial charge in [0.1, 0.15) is 11.5 Å². The molecule has 0 aliphatic carbocycles. The Bertz CT molecular complexity index is 917. The van der Waals surface area contributed by atoms with Gasteiger partial charge in [0.05, 0.1) is 19.8 Å². The Kier molecular flexibility index (Phi) is 6.54. The van der Waals surface area contributed by atoms with Crippen molar-refractivity contribution in [3.63, 3.8) is 0 Å². The van der Waals surface area contributed by atoms with E-state index in [1.165, 1.54) is 0 Å². The molecule has 0 aliphatic rings. The Hall–Kier alpha value is -2.30. The van der Waals surface area contributed by atoms with E-state index in [2.05, 4.69) is 19.1 Å². The van der Waals surface area contributed by atoms with Crippen LogP contribution >= 0.6 is 0 Å². The monoisotopic (exact) mass is 368 g/mol. The maximum atomic E-state index is 9.88. The highest BCUT2D eigenvalue weighted by Crippen LogP contribution is 2.36. The first kappa shape index (κ1) is 19.5. The summed E-state index contributed by atoms with van der Waals surface area (Å²) in [7, 11) is 0. The molecule has 0 amide bonds. The van der Waals surface area contributed by atoms with Crippen LogP contribution in [-0.4, -0.2) is 30.0 Å². The van der Waals surface area contributed by atoms with E-state index in [-0.39, 0.29) is 13.2 Å². The van der Waals surface area contributed by atoms with Crippen molar-refractivity contribution < 1.29 is 19.7 Å². The standard InChI is InChI=1S/C23H28O4/c1-3-5-10-27-19-7-6-16-11-18(15-25)21-14-23(26-4-2)17(8-9-24)12-22(21)20(16)13-19/h6-7,11-14,24-25H,3-5,8-10,15H2,1-2H3. The maximum absolute atomic E-state index is 9.88. The van der Waals surface area contributed by atoms with Crippen LogP contribution in [0.25, 0.3) is 21.5 Å². The molecule has 0 aliphatic heterocycles. The molecule has 3 aromatic rings. The molecule has 3 rings (SSSR count). The van der Waals surface area contributed by atoms with Crippen molar-refractivity contribution in [3.05, 3.63) is 47.5 Å². The van der Waals surface area contributed by atoms with Crippen LogP contribution in [0.4, 0.5) is 0 Å². The number of ether oxygens (including phenoxy) is 2. The number of fused-ring (bicyclic) bond motifs is 3. The zero-order valence-corrected chi connectivity index (χ0v) is 16.1. The Balaban J connectivity index is 2.20. The summed E-state index contributed by atoms with van der Waals surface area (Å²) >= 11 is 0. The molecule has 0 saturated carbocycles. The first-order valence-corrected chi connectivity index (χ1v) is 9.71. The third-order valence-corrected chi connectivity index (χ3v) is 4.81. The van der Waals surface area contributed by atoms with Crippen LogP contribution in [0.15, 0.2) is 36.4 Å². The lowest BCUT2D eigenvalue weighted by Crippen LogP contribution is -2.01. The van der Waals surface area contributed by atoms with E-state index in [1.807, 2.05) is 31.2 Å². The number of hydrogen-bond acceptors (Lipinski definition) is 4. The highest BCUT2D eigenvalue weighted by molar-refractivity contribution is 6.10. The molecule has 4 heteroatoms. The lowest BCUT2D eigenvalue weighted by atomic mass is 9.94. The summed E-state index contributed by atoms with van der Waals surface area (Å²) < 4.78 is 11.7. The zero-order valence-electron chi connectivity index (χ0n) is 16.1. The lowest BCUT2D eigenvalue weighted by Gasteiger charge is -2.16. The molecule has 0 fully saturated rings. The number of benzene rings is 3. The molecular formula is C23H28O4. The van der Waals surface area contributed by atoms with Gasteiger partial charge in [-0.05, 0) is 82.8 Å². The molecule has 0 radical (unpaired) electrons. The van der Waals surface area contributed by atoms with Gasteiger partial charge >= 0.3 is 0 Å². The van der Waals surface area contributed by atoms with Crippen molar-refractivity contribution in [3.8, 4) is 11.5 Å². The number of aliphatic hydroxyl groups is 2. The summed E-state index contributed by atoms with van der Waals surface area (Å²) in [5, 5.41) is 23.5. The average molecular weight is 368 g/mol. The van der Waals surface area contributed by atoms with Crippen molar-refractivity contribution in [2.45, 2.75) is 39.7 Å². The third kappa shape index (κ3) is 4.18. The second kappa shape index (κ2) is 9.07. The molecular weight excluding hydrogens is 340 g/mol. The molecule has 0 atom stereocenters. The number of unbranched alkanes of at least 4 members (excludes halogenated alkanes) is 1. The summed E-state index contributed by atoms with van der Waals surface area (Å²) in [4.78, 5) is 0. The van der Waals surface area contributed by atoms with Gasteiger partial charge in [-0.1, -0.05) is 19.4 Å². The SMILES string of the molecule is CCCCOc1ccc2cc(CO)c3cc(OCC)c(CCO)cc3c2c1. The Morgan fingerprint density at radius 2 is 1.70 bits per heavy atom. The van der Waals surface area contributed by atoms with E-state index in [1.54, 1.807) is 0 Å². The first-order valence-electron chi connectivity index (χ1n) is 9.71. The molecule has 0 saturated heterocycles. The van der Waals surface area contributed by atoms with Crippen molar-refractivity contribution in [1.29, 1.82) is 0 Å². The zero-order chi connectivity index (χ0) is 19.2. The fourth-order valence-corrected chi connectivity index (χ4v) is 3.43. The van der Waals surface area contributed by atoms with Gasteiger partial charge < -0.3 is 19.7 Å². The van der Waals surface area contributed by atoms with Gasteiger partial charge in [0.25, 0.3) is 0 Å². The van der Waals surface area contributed by atoms with Gasteiger partial charge in [-0.25, -0.2) is 0 Å². The minimum absolute atomic E-state index is 0.0356. The predicted molar refractivity (Wildman–Crippen MR) is 110 cm³/mol. The molecule has 0 unspecified atom stereocenters. The van der Waals surface area contributed by atoms with E-state index in [9.17, 15) is 10.2 Å². The lowest BCUT2D eigenvalue weighted by molar-refractivity contribution is 0.283. The molecule has 0 heterocycles. The van der Waals surface area contributed by atoms with Gasteiger partial charge in [-0.2, -0.15) is 0 Å². The van der Waals surface area contributed by atoms with E-state index >= 15 is 0 Å². The van der Waals surface area contributed by atoms with Crippen molar-refractivity contribution in [1.82, 2.24) is 0 Å². The van der Waals surface area contributed by atoms with E-state index in [0.717, 1.165) is 57.0 Å². The summed E-state index contributed by atoms with van der Waals surface area (Å²) in [5.74, 6) is 1.62. The van der Waals surface area contributed by atoms with Crippen LogP contribution in [0.1, 0.15) is 37.8 Å². The van der Waals surface area contributed by atoms with Crippen LogP contribution < -0.4 is 9.47 Å². The van der Waals surface area contributed by atoms with E-state index in [4.69, 9.17) is 9.47 Å². The van der Waals surface area contributed by atoms with Gasteiger partial charge in [0.2, 0.25) is 0 Å². The minimum atomic E-state index is -0.0356. The third-order valence-electron chi connectivity index (χ3n) is 4.81. The van der Waals surface area contributed by atoms with Gasteiger partial charge in [0, 0.05) is 6.61 Å². The molecule has 0 spiro atoms. The van der Waals surface area contributed by atoms with Gasteiger partial charge in [-0.3, -0.25) is 0 Å². The van der Waals surface area contributed by atoms with Crippen LogP contribution in [0.5, 0.6) is 11.5 Å². The topological polar surface area (TPSA) is 58.9 Å². The normalized spacial score (nSPS) is 11.3. The highest BCUT2D eigenvalue weighted by Gasteiger charge is 2.13. The Morgan fingerprint density at radius 3 is 2.41 bits per heavy atom. The van der Waals surface area contributed by atoms with Crippen LogP contribution in [0, 0.1) is 0 Å². The predicted octanol–water partition coefficient (Wildman–Crippen LogP) is 4.60. The molecule has 0 bridgehead atoms. The quantitative estimate of drug-likeness (QED) is 0.428. The van der Waals surface area contributed by atoms with Gasteiger partial charge in [-0.15, -0.1) is 0 Å². The largest absolute Gasteiger partial charge is 0.494 e. The highest BCUT2D eigenvalue weighted by atomic mass is 16.5. The fourth-order valence-electron chi connectivity index (χ4n) is 3.43. The molecule has 144 valence electrons. The smallest absolute Gasteiger partial charge is 0.123 e. The number of aliphatic hydroxyl groups excluding tert-OH is 2. The second-order valence-electron chi connectivity index (χ2n) is 6.69. The maximum Gasteiger partial charge on any atom is 0.123 e. The second-order valence-corrected chi connectivity index (χ2v) is 6.69. The number of hydrogen-bond donors (Lipinski definition) is 2. The molecule has 27 heavy (non-hydrogen) atoms. The molecule has 2 N–H and O–H groups in total. The van der Waals surface area contributed by atoms with Crippen molar-refractivity contribution >= 4 is 21.5 Å². The number of rotatable bonds is 9. The van der Waals surface area contributed by atoms with Crippen LogP contribution in [0.3, 0.4) is 0 Å². The van der Waals surface area contributed by atoms with Crippen LogP contribution in [-0.2, 0) is 13.0 Å². The summed E-state index contributed by atoms with van der Waals surface area (Å²) in [6.45, 7) is 5.38. The average Bonchev–Trinajstić information content (AvgIpc) is 2.68. The van der Waals surface area contributed by atoms with E-state index in [0.29, 0.717) is 19.6 Å². The Labute approximate surface area is 160 Å². The van der Waals surface area contributed by atoms with Crippen molar-refractivity contribution in [2.75, 3.05) is 19.8 Å². The minimum Gasteiger partial charge on any atom is -0.494 e. The summed E-state index contributed by atoms with van der Waals surface area (Å²) in [5.41, 5.74) is 1.84. The first-order chi connectivity index (χ1) is 13.2. The fraction of sp³-hybridized carbons (Fsp3) is 0.391. The van der Waals surface area contributed by atoms with E-state index < -0.39 is 0 Å².